The van der Waals surface area contributed by atoms with Gasteiger partial charge in [0.15, 0.2) is 0 Å². The second-order valence-electron chi connectivity index (χ2n) is 7.85. The quantitative estimate of drug-likeness (QED) is 0.598. The number of hydrogen-bond acceptors (Lipinski definition) is 5. The molecule has 0 saturated carbocycles. The first-order chi connectivity index (χ1) is 15.1. The van der Waals surface area contributed by atoms with Crippen molar-refractivity contribution in [2.75, 3.05) is 11.9 Å². The molecular weight excluding hydrogens is 393 g/mol. The summed E-state index contributed by atoms with van der Waals surface area (Å²) in [6.07, 6.45) is 8.75. The van der Waals surface area contributed by atoms with Crippen LogP contribution in [0.4, 0.5) is 16.0 Å². The van der Waals surface area contributed by atoms with Crippen molar-refractivity contribution in [3.05, 3.63) is 77.6 Å². The van der Waals surface area contributed by atoms with Crippen molar-refractivity contribution in [1.29, 1.82) is 0 Å². The van der Waals surface area contributed by atoms with Crippen molar-refractivity contribution in [3.8, 4) is 0 Å². The van der Waals surface area contributed by atoms with Gasteiger partial charge in [-0.1, -0.05) is 18.2 Å². The predicted octanol–water partition coefficient (Wildman–Crippen LogP) is 4.75. The van der Waals surface area contributed by atoms with Crippen LogP contribution in [0.3, 0.4) is 0 Å². The molecule has 4 rings (SSSR count). The highest BCUT2D eigenvalue weighted by atomic mass is 19.1. The lowest BCUT2D eigenvalue weighted by Crippen LogP contribution is -2.30. The monoisotopic (exact) mass is 419 g/mol. The van der Waals surface area contributed by atoms with Gasteiger partial charge in [-0.3, -0.25) is 9.78 Å². The molecule has 0 radical (unpaired) electrons. The van der Waals surface area contributed by atoms with E-state index in [9.17, 15) is 9.18 Å². The molecule has 2 aromatic heterocycles. The fraction of sp³-hybridized carbons (Fsp3) is 0.333. The lowest BCUT2D eigenvalue weighted by molar-refractivity contribution is -0.132. The molecule has 0 aliphatic carbocycles. The Morgan fingerprint density at radius 1 is 1.23 bits per heavy atom. The van der Waals surface area contributed by atoms with Gasteiger partial charge in [-0.05, 0) is 61.9 Å². The van der Waals surface area contributed by atoms with Gasteiger partial charge in [0, 0.05) is 25.4 Å². The molecule has 0 unspecified atom stereocenters. The van der Waals surface area contributed by atoms with Crippen molar-refractivity contribution >= 4 is 17.5 Å². The molecule has 31 heavy (non-hydrogen) atoms. The summed E-state index contributed by atoms with van der Waals surface area (Å²) in [5.41, 5.74) is 2.59. The number of likely N-dealkylation sites (tertiary alicyclic amines) is 1. The fourth-order valence-electron chi connectivity index (χ4n) is 4.02. The van der Waals surface area contributed by atoms with Crippen LogP contribution in [0.5, 0.6) is 0 Å². The first kappa shape index (κ1) is 20.9. The largest absolute Gasteiger partial charge is 0.334 e. The van der Waals surface area contributed by atoms with Crippen LogP contribution in [0.2, 0.25) is 0 Å². The summed E-state index contributed by atoms with van der Waals surface area (Å²) in [7, 11) is 0. The lowest BCUT2D eigenvalue weighted by atomic mass is 10.0. The Bertz CT molecular complexity index is 1040. The van der Waals surface area contributed by atoms with E-state index in [2.05, 4.69) is 15.3 Å². The van der Waals surface area contributed by atoms with E-state index < -0.39 is 0 Å². The number of anilines is 2. The molecule has 0 spiro atoms. The molecule has 1 fully saturated rings. The molecule has 1 atom stereocenters. The van der Waals surface area contributed by atoms with Crippen LogP contribution in [-0.2, 0) is 11.2 Å². The first-order valence-electron chi connectivity index (χ1n) is 10.6. The Morgan fingerprint density at radius 2 is 2.13 bits per heavy atom. The summed E-state index contributed by atoms with van der Waals surface area (Å²) in [5.74, 6) is 1.27. The summed E-state index contributed by atoms with van der Waals surface area (Å²) in [6.45, 7) is 2.52. The van der Waals surface area contributed by atoms with Gasteiger partial charge in [-0.25, -0.2) is 14.4 Å². The minimum Gasteiger partial charge on any atom is -0.334 e. The Morgan fingerprint density at radius 3 is 2.94 bits per heavy atom. The topological polar surface area (TPSA) is 71.0 Å². The zero-order valence-electron chi connectivity index (χ0n) is 17.6. The molecule has 1 aromatic carbocycles. The molecule has 160 valence electrons. The van der Waals surface area contributed by atoms with Gasteiger partial charge in [0.1, 0.15) is 17.5 Å². The van der Waals surface area contributed by atoms with E-state index >= 15 is 0 Å². The van der Waals surface area contributed by atoms with Crippen molar-refractivity contribution in [3.63, 3.8) is 0 Å². The second-order valence-corrected chi connectivity index (χ2v) is 7.85. The number of hydrogen-bond donors (Lipinski definition) is 1. The number of amides is 1. The van der Waals surface area contributed by atoms with Crippen molar-refractivity contribution in [2.24, 2.45) is 0 Å². The molecular formula is C24H26FN5O. The number of aromatic nitrogens is 3. The third-order valence-electron chi connectivity index (χ3n) is 5.58. The van der Waals surface area contributed by atoms with Crippen molar-refractivity contribution in [2.45, 2.75) is 45.1 Å². The summed E-state index contributed by atoms with van der Waals surface area (Å²) in [4.78, 5) is 27.9. The number of nitrogens with one attached hydrogen (secondary N) is 1. The van der Waals surface area contributed by atoms with E-state index in [0.29, 0.717) is 23.6 Å². The van der Waals surface area contributed by atoms with Crippen molar-refractivity contribution < 1.29 is 9.18 Å². The van der Waals surface area contributed by atoms with Gasteiger partial charge in [0.2, 0.25) is 5.91 Å². The van der Waals surface area contributed by atoms with E-state index in [4.69, 9.17) is 4.98 Å². The van der Waals surface area contributed by atoms with Gasteiger partial charge in [0.05, 0.1) is 17.9 Å². The maximum Gasteiger partial charge on any atom is 0.223 e. The Hall–Kier alpha value is -3.35. The first-order valence-corrected chi connectivity index (χ1v) is 10.6. The standard InChI is InChI=1S/C24H26FN5O/c1-17-15-18(10-11-19(17)25)5-2-9-24(31)30-14-4-7-21(30)20-6-3-8-22(28-20)29-23-16-26-12-13-27-23/h3,6,8,10-13,15-16,21H,2,4-5,7,9,14H2,1H3,(H,27,28,29)/t21-/m0/s1. The van der Waals surface area contributed by atoms with E-state index in [1.165, 1.54) is 6.07 Å². The van der Waals surface area contributed by atoms with Crippen LogP contribution in [-0.4, -0.2) is 32.3 Å². The van der Waals surface area contributed by atoms with Crippen LogP contribution in [0, 0.1) is 12.7 Å². The number of carbonyl (C=O) groups excluding carboxylic acids is 1. The van der Waals surface area contributed by atoms with E-state index in [0.717, 1.165) is 43.5 Å². The molecule has 7 heteroatoms. The SMILES string of the molecule is Cc1cc(CCCC(=O)N2CCC[C@H]2c2cccc(Nc3cnccn3)n2)ccc1F. The highest BCUT2D eigenvalue weighted by Crippen LogP contribution is 2.32. The van der Waals surface area contributed by atoms with Crippen LogP contribution in [0.25, 0.3) is 0 Å². The molecule has 1 amide bonds. The molecule has 6 nitrogen and oxygen atoms in total. The number of carbonyl (C=O) groups is 1. The Kier molecular flexibility index (Phi) is 6.50. The fourth-order valence-corrected chi connectivity index (χ4v) is 4.02. The Balaban J connectivity index is 1.37. The number of pyridine rings is 1. The Labute approximate surface area is 181 Å². The molecule has 3 heterocycles. The van der Waals surface area contributed by atoms with Crippen LogP contribution < -0.4 is 5.32 Å². The number of nitrogens with zero attached hydrogens (tertiary/aromatic N) is 4. The van der Waals surface area contributed by atoms with Crippen LogP contribution >= 0.6 is 0 Å². The second kappa shape index (κ2) is 9.64. The van der Waals surface area contributed by atoms with Gasteiger partial charge >= 0.3 is 0 Å². The maximum absolute atomic E-state index is 13.4. The minimum absolute atomic E-state index is 0.0100. The zero-order valence-corrected chi connectivity index (χ0v) is 17.6. The average molecular weight is 420 g/mol. The zero-order chi connectivity index (χ0) is 21.6. The van der Waals surface area contributed by atoms with Gasteiger partial charge in [-0.2, -0.15) is 0 Å². The van der Waals surface area contributed by atoms with Crippen LogP contribution in [0.15, 0.2) is 55.0 Å². The smallest absolute Gasteiger partial charge is 0.223 e. The molecule has 1 N–H and O–H groups in total. The number of halogens is 1. The summed E-state index contributed by atoms with van der Waals surface area (Å²) < 4.78 is 13.4. The maximum atomic E-state index is 13.4. The van der Waals surface area contributed by atoms with E-state index in [1.807, 2.05) is 29.2 Å². The minimum atomic E-state index is -0.191. The van der Waals surface area contributed by atoms with Crippen LogP contribution in [0.1, 0.15) is 48.5 Å². The highest BCUT2D eigenvalue weighted by Gasteiger charge is 2.30. The lowest BCUT2D eigenvalue weighted by Gasteiger charge is -2.25. The molecule has 1 aliphatic rings. The highest BCUT2D eigenvalue weighted by molar-refractivity contribution is 5.77. The number of aryl methyl sites for hydroxylation is 2. The number of benzene rings is 1. The molecule has 1 saturated heterocycles. The van der Waals surface area contributed by atoms with Gasteiger partial charge < -0.3 is 10.2 Å². The molecule has 3 aromatic rings. The molecule has 0 bridgehead atoms. The van der Waals surface area contributed by atoms with Crippen molar-refractivity contribution in [1.82, 2.24) is 19.9 Å². The predicted molar refractivity (Wildman–Crippen MR) is 117 cm³/mol. The number of rotatable bonds is 7. The van der Waals surface area contributed by atoms with Gasteiger partial charge in [-0.15, -0.1) is 0 Å². The van der Waals surface area contributed by atoms with E-state index in [-0.39, 0.29) is 17.8 Å². The third kappa shape index (κ3) is 5.23. The summed E-state index contributed by atoms with van der Waals surface area (Å²) >= 11 is 0. The van der Waals surface area contributed by atoms with Gasteiger partial charge in [0.25, 0.3) is 0 Å². The summed E-state index contributed by atoms with van der Waals surface area (Å²) in [5, 5.41) is 3.16. The summed E-state index contributed by atoms with van der Waals surface area (Å²) in [6, 6.07) is 10.9. The normalized spacial score (nSPS) is 15.8. The molecule has 1 aliphatic heterocycles. The third-order valence-corrected chi connectivity index (χ3v) is 5.58. The van der Waals surface area contributed by atoms with E-state index in [1.54, 1.807) is 31.6 Å². The average Bonchev–Trinajstić information content (AvgIpc) is 3.27.